The van der Waals surface area contributed by atoms with Gasteiger partial charge in [0.2, 0.25) is 0 Å². The van der Waals surface area contributed by atoms with Crippen LogP contribution < -0.4 is 4.74 Å². The van der Waals surface area contributed by atoms with E-state index in [1.807, 2.05) is 6.07 Å². The molecule has 1 unspecified atom stereocenters. The van der Waals surface area contributed by atoms with Crippen LogP contribution in [0.25, 0.3) is 0 Å². The molecule has 0 aliphatic heterocycles. The van der Waals surface area contributed by atoms with Crippen LogP contribution in [-0.2, 0) is 16.0 Å². The Morgan fingerprint density at radius 2 is 2.00 bits per heavy atom. The van der Waals surface area contributed by atoms with Crippen molar-refractivity contribution in [2.24, 2.45) is 0 Å². The summed E-state index contributed by atoms with van der Waals surface area (Å²) in [4.78, 5) is 11.9. The van der Waals surface area contributed by atoms with Crippen LogP contribution in [0.3, 0.4) is 0 Å². The van der Waals surface area contributed by atoms with Crippen molar-refractivity contribution in [1.29, 1.82) is 0 Å². The van der Waals surface area contributed by atoms with Crippen LogP contribution in [0.1, 0.15) is 41.0 Å². The van der Waals surface area contributed by atoms with Crippen LogP contribution in [0, 0.1) is 13.8 Å². The van der Waals surface area contributed by atoms with Crippen LogP contribution >= 0.6 is 0 Å². The highest BCUT2D eigenvalue weighted by Crippen LogP contribution is 2.38. The van der Waals surface area contributed by atoms with Crippen LogP contribution in [0.5, 0.6) is 5.75 Å². The maximum Gasteiger partial charge on any atom is 0.313 e. The standard InChI is InChI=1S/C15H20O3/c1-9-10(2)14(17-3)8-13-11(9)6-5-7-12(13)15(16)18-4/h8,12H,5-7H2,1-4H3. The summed E-state index contributed by atoms with van der Waals surface area (Å²) in [5, 5.41) is 0. The molecule has 0 aromatic heterocycles. The summed E-state index contributed by atoms with van der Waals surface area (Å²) < 4.78 is 10.3. The van der Waals surface area contributed by atoms with Gasteiger partial charge in [-0.2, -0.15) is 0 Å². The second-order valence-electron chi connectivity index (χ2n) is 4.86. The summed E-state index contributed by atoms with van der Waals surface area (Å²) in [6.07, 6.45) is 2.95. The van der Waals surface area contributed by atoms with Crippen molar-refractivity contribution in [2.45, 2.75) is 39.0 Å². The van der Waals surface area contributed by atoms with Gasteiger partial charge in [-0.1, -0.05) is 0 Å². The molecule has 18 heavy (non-hydrogen) atoms. The molecule has 3 heteroatoms. The van der Waals surface area contributed by atoms with Crippen molar-refractivity contribution in [2.75, 3.05) is 14.2 Å². The second-order valence-corrected chi connectivity index (χ2v) is 4.86. The van der Waals surface area contributed by atoms with Gasteiger partial charge in [0.05, 0.1) is 20.1 Å². The lowest BCUT2D eigenvalue weighted by molar-refractivity contribution is -0.142. The minimum Gasteiger partial charge on any atom is -0.496 e. The van der Waals surface area contributed by atoms with Crippen LogP contribution in [0.2, 0.25) is 0 Å². The number of ether oxygens (including phenoxy) is 2. The Kier molecular flexibility index (Phi) is 3.60. The van der Waals surface area contributed by atoms with E-state index in [2.05, 4.69) is 13.8 Å². The minimum atomic E-state index is -0.138. The molecule has 3 nitrogen and oxygen atoms in total. The van der Waals surface area contributed by atoms with E-state index in [1.54, 1.807) is 7.11 Å². The van der Waals surface area contributed by atoms with E-state index in [4.69, 9.17) is 9.47 Å². The number of fused-ring (bicyclic) bond motifs is 1. The van der Waals surface area contributed by atoms with E-state index in [0.29, 0.717) is 0 Å². The van der Waals surface area contributed by atoms with Crippen molar-refractivity contribution in [3.63, 3.8) is 0 Å². The topological polar surface area (TPSA) is 35.5 Å². The van der Waals surface area contributed by atoms with E-state index in [1.165, 1.54) is 23.8 Å². The predicted molar refractivity (Wildman–Crippen MR) is 70.2 cm³/mol. The zero-order valence-electron chi connectivity index (χ0n) is 11.5. The zero-order chi connectivity index (χ0) is 13.3. The number of carbonyl (C=O) groups excluding carboxylic acids is 1. The molecule has 1 atom stereocenters. The Bertz CT molecular complexity index is 477. The average molecular weight is 248 g/mol. The first-order valence-electron chi connectivity index (χ1n) is 6.35. The van der Waals surface area contributed by atoms with Gasteiger partial charge in [-0.05, 0) is 61.4 Å². The molecule has 0 fully saturated rings. The highest BCUT2D eigenvalue weighted by molar-refractivity contribution is 5.79. The van der Waals surface area contributed by atoms with Gasteiger partial charge in [0, 0.05) is 0 Å². The Labute approximate surface area is 108 Å². The normalized spacial score (nSPS) is 18.1. The van der Waals surface area contributed by atoms with Crippen LogP contribution in [-0.4, -0.2) is 20.2 Å². The van der Waals surface area contributed by atoms with Crippen molar-refractivity contribution in [3.05, 3.63) is 28.3 Å². The molecule has 0 radical (unpaired) electrons. The summed E-state index contributed by atoms with van der Waals surface area (Å²) in [5.74, 6) is 0.593. The number of hydrogen-bond acceptors (Lipinski definition) is 3. The number of hydrogen-bond donors (Lipinski definition) is 0. The van der Waals surface area contributed by atoms with E-state index < -0.39 is 0 Å². The Balaban J connectivity index is 2.56. The van der Waals surface area contributed by atoms with Crippen molar-refractivity contribution in [3.8, 4) is 5.75 Å². The maximum atomic E-state index is 11.9. The molecule has 0 bridgehead atoms. The van der Waals surface area contributed by atoms with Crippen LogP contribution in [0.15, 0.2) is 6.07 Å². The third kappa shape index (κ3) is 1.98. The molecule has 1 aliphatic carbocycles. The molecule has 0 saturated heterocycles. The monoisotopic (exact) mass is 248 g/mol. The SMILES string of the molecule is COC(=O)C1CCCc2c1cc(OC)c(C)c2C. The summed E-state index contributed by atoms with van der Waals surface area (Å²) >= 11 is 0. The van der Waals surface area contributed by atoms with E-state index in [0.717, 1.165) is 30.6 Å². The highest BCUT2D eigenvalue weighted by Gasteiger charge is 2.29. The predicted octanol–water partition coefficient (Wildman–Crippen LogP) is 2.90. The van der Waals surface area contributed by atoms with Gasteiger partial charge in [0.25, 0.3) is 0 Å². The fraction of sp³-hybridized carbons (Fsp3) is 0.533. The first-order valence-corrected chi connectivity index (χ1v) is 6.35. The fourth-order valence-corrected chi connectivity index (χ4v) is 2.84. The van der Waals surface area contributed by atoms with Crippen LogP contribution in [0.4, 0.5) is 0 Å². The smallest absolute Gasteiger partial charge is 0.313 e. The molecule has 2 rings (SSSR count). The van der Waals surface area contributed by atoms with Gasteiger partial charge >= 0.3 is 5.97 Å². The van der Waals surface area contributed by atoms with Gasteiger partial charge in [0.15, 0.2) is 0 Å². The maximum absolute atomic E-state index is 11.9. The largest absolute Gasteiger partial charge is 0.496 e. The molecule has 1 aromatic rings. The third-order valence-electron chi connectivity index (χ3n) is 4.02. The second kappa shape index (κ2) is 5.01. The van der Waals surface area contributed by atoms with E-state index in [-0.39, 0.29) is 11.9 Å². The Morgan fingerprint density at radius 3 is 2.61 bits per heavy atom. The molecule has 0 N–H and O–H groups in total. The Morgan fingerprint density at radius 1 is 1.28 bits per heavy atom. The number of carbonyl (C=O) groups is 1. The molecule has 1 aromatic carbocycles. The molecular formula is C15H20O3. The lowest BCUT2D eigenvalue weighted by Crippen LogP contribution is -2.21. The summed E-state index contributed by atoms with van der Waals surface area (Å²) in [7, 11) is 3.12. The van der Waals surface area contributed by atoms with Gasteiger partial charge in [-0.15, -0.1) is 0 Å². The van der Waals surface area contributed by atoms with Crippen molar-refractivity contribution in [1.82, 2.24) is 0 Å². The summed E-state index contributed by atoms with van der Waals surface area (Å²) in [5.41, 5.74) is 4.81. The zero-order valence-corrected chi connectivity index (χ0v) is 11.5. The molecule has 0 spiro atoms. The molecule has 98 valence electrons. The van der Waals surface area contributed by atoms with Gasteiger partial charge in [-0.25, -0.2) is 0 Å². The molecule has 0 saturated carbocycles. The molecule has 0 heterocycles. The number of esters is 1. The first-order chi connectivity index (χ1) is 8.60. The lowest BCUT2D eigenvalue weighted by atomic mass is 9.79. The molecule has 0 amide bonds. The fourth-order valence-electron chi connectivity index (χ4n) is 2.84. The quantitative estimate of drug-likeness (QED) is 0.755. The van der Waals surface area contributed by atoms with E-state index in [9.17, 15) is 4.79 Å². The highest BCUT2D eigenvalue weighted by atomic mass is 16.5. The van der Waals surface area contributed by atoms with Gasteiger partial charge in [0.1, 0.15) is 5.75 Å². The van der Waals surface area contributed by atoms with Crippen molar-refractivity contribution >= 4 is 5.97 Å². The third-order valence-corrected chi connectivity index (χ3v) is 4.02. The van der Waals surface area contributed by atoms with Gasteiger partial charge < -0.3 is 9.47 Å². The molecular weight excluding hydrogens is 228 g/mol. The summed E-state index contributed by atoms with van der Waals surface area (Å²) in [6, 6.07) is 2.01. The first kappa shape index (κ1) is 12.9. The number of rotatable bonds is 2. The number of benzene rings is 1. The Hall–Kier alpha value is -1.51. The average Bonchev–Trinajstić information content (AvgIpc) is 2.41. The minimum absolute atomic E-state index is 0.132. The van der Waals surface area contributed by atoms with E-state index >= 15 is 0 Å². The summed E-state index contributed by atoms with van der Waals surface area (Å²) in [6.45, 7) is 4.17. The van der Waals surface area contributed by atoms with Gasteiger partial charge in [-0.3, -0.25) is 4.79 Å². The van der Waals surface area contributed by atoms with Crippen molar-refractivity contribution < 1.29 is 14.3 Å². The molecule has 1 aliphatic rings. The number of methoxy groups -OCH3 is 2. The lowest BCUT2D eigenvalue weighted by Gasteiger charge is -2.27.